The summed E-state index contributed by atoms with van der Waals surface area (Å²) in [5.74, 6) is -1.20. The van der Waals surface area contributed by atoms with E-state index in [2.05, 4.69) is 10.1 Å². The van der Waals surface area contributed by atoms with Crippen molar-refractivity contribution in [1.29, 1.82) is 0 Å². The molecule has 1 aromatic carbocycles. The minimum atomic E-state index is -4.42. The predicted molar refractivity (Wildman–Crippen MR) is 79.7 cm³/mol. The van der Waals surface area contributed by atoms with E-state index in [0.717, 1.165) is 0 Å². The average Bonchev–Trinajstić information content (AvgIpc) is 2.80. The molecule has 2 aromatic rings. The molecule has 132 valence electrons. The van der Waals surface area contributed by atoms with Crippen LogP contribution in [0.25, 0.3) is 11.1 Å². The fourth-order valence-electron chi connectivity index (χ4n) is 2.22. The molecule has 0 radical (unpaired) electrons. The maximum atomic E-state index is 12.2. The van der Waals surface area contributed by atoms with Crippen molar-refractivity contribution in [2.75, 3.05) is 13.2 Å². The maximum absolute atomic E-state index is 12.2. The number of halogens is 3. The van der Waals surface area contributed by atoms with Crippen LogP contribution in [0.3, 0.4) is 0 Å². The Hall–Kier alpha value is -2.29. The molecule has 0 aliphatic carbocycles. The Bertz CT molecular complexity index is 766. The first-order valence-electron chi connectivity index (χ1n) is 7.24. The first-order valence-corrected chi connectivity index (χ1v) is 7.24. The summed E-state index contributed by atoms with van der Waals surface area (Å²) in [6.07, 6.45) is -4.42. The molecule has 0 spiro atoms. The van der Waals surface area contributed by atoms with Crippen molar-refractivity contribution in [1.82, 2.24) is 9.88 Å². The van der Waals surface area contributed by atoms with E-state index in [1.807, 2.05) is 0 Å². The summed E-state index contributed by atoms with van der Waals surface area (Å²) in [6.45, 7) is 1.34. The Morgan fingerprint density at radius 3 is 2.67 bits per heavy atom. The summed E-state index contributed by atoms with van der Waals surface area (Å²) in [4.78, 5) is 24.1. The van der Waals surface area contributed by atoms with Crippen LogP contribution in [-0.2, 0) is 9.53 Å². The molecule has 1 aromatic heterocycles. The number of carbonyl (C=O) groups is 1. The molecule has 0 aliphatic rings. The number of carbonyl (C=O) groups excluding carboxylic acids is 1. The maximum Gasteiger partial charge on any atom is 0.420 e. The van der Waals surface area contributed by atoms with Gasteiger partial charge in [0.15, 0.2) is 5.58 Å². The molecule has 0 saturated heterocycles. The van der Waals surface area contributed by atoms with Crippen molar-refractivity contribution in [3.8, 4) is 0 Å². The smallest absolute Gasteiger partial charge is 0.408 e. The largest absolute Gasteiger partial charge is 0.420 e. The van der Waals surface area contributed by atoms with E-state index in [1.54, 1.807) is 24.3 Å². The van der Waals surface area contributed by atoms with Crippen molar-refractivity contribution >= 4 is 17.0 Å². The molecular weight excluding hydrogens is 329 g/mol. The Kier molecular flexibility index (Phi) is 5.33. The van der Waals surface area contributed by atoms with Crippen LogP contribution in [0.1, 0.15) is 19.9 Å². The van der Waals surface area contributed by atoms with Gasteiger partial charge in [-0.3, -0.25) is 9.36 Å². The van der Waals surface area contributed by atoms with E-state index in [4.69, 9.17) is 4.42 Å². The van der Waals surface area contributed by atoms with Gasteiger partial charge in [0.25, 0.3) is 0 Å². The van der Waals surface area contributed by atoms with E-state index in [-0.39, 0.29) is 6.61 Å². The van der Waals surface area contributed by atoms with Gasteiger partial charge >= 0.3 is 11.9 Å². The fraction of sp³-hybridized carbons (Fsp3) is 0.467. The number of hydrogen-bond acceptors (Lipinski definition) is 4. The van der Waals surface area contributed by atoms with E-state index in [9.17, 15) is 22.8 Å². The van der Waals surface area contributed by atoms with Crippen LogP contribution in [0.2, 0.25) is 0 Å². The lowest BCUT2D eigenvalue weighted by Gasteiger charge is -2.18. The fourth-order valence-corrected chi connectivity index (χ4v) is 2.22. The summed E-state index contributed by atoms with van der Waals surface area (Å²) in [7, 11) is 0. The number of oxazole rings is 1. The van der Waals surface area contributed by atoms with Gasteiger partial charge in [0.1, 0.15) is 12.6 Å². The van der Waals surface area contributed by atoms with Gasteiger partial charge in [-0.15, -0.1) is 0 Å². The second kappa shape index (κ2) is 7.08. The lowest BCUT2D eigenvalue weighted by atomic mass is 10.2. The highest BCUT2D eigenvalue weighted by Gasteiger charge is 2.28. The topological polar surface area (TPSA) is 73.5 Å². The van der Waals surface area contributed by atoms with Crippen LogP contribution < -0.4 is 11.1 Å². The zero-order chi connectivity index (χ0) is 17.9. The molecule has 2 atom stereocenters. The second-order valence-corrected chi connectivity index (χ2v) is 5.42. The van der Waals surface area contributed by atoms with E-state index >= 15 is 0 Å². The molecule has 0 saturated carbocycles. The lowest BCUT2D eigenvalue weighted by molar-refractivity contribution is -0.175. The van der Waals surface area contributed by atoms with E-state index in [0.29, 0.717) is 11.1 Å². The third-order valence-electron chi connectivity index (χ3n) is 3.31. The molecule has 6 nitrogen and oxygen atoms in total. The monoisotopic (exact) mass is 346 g/mol. The van der Waals surface area contributed by atoms with Gasteiger partial charge in [-0.2, -0.15) is 13.2 Å². The molecule has 1 N–H and O–H groups in total. The quantitative estimate of drug-likeness (QED) is 0.871. The van der Waals surface area contributed by atoms with Gasteiger partial charge in [0, 0.05) is 6.04 Å². The van der Waals surface area contributed by atoms with Crippen molar-refractivity contribution in [3.05, 3.63) is 34.8 Å². The second-order valence-electron chi connectivity index (χ2n) is 5.42. The molecule has 0 fully saturated rings. The van der Waals surface area contributed by atoms with Crippen molar-refractivity contribution in [3.63, 3.8) is 0 Å². The van der Waals surface area contributed by atoms with Gasteiger partial charge in [-0.05, 0) is 26.0 Å². The molecule has 2 unspecified atom stereocenters. The third-order valence-corrected chi connectivity index (χ3v) is 3.31. The van der Waals surface area contributed by atoms with Crippen molar-refractivity contribution in [2.45, 2.75) is 32.1 Å². The highest BCUT2D eigenvalue weighted by Crippen LogP contribution is 2.17. The molecule has 24 heavy (non-hydrogen) atoms. The SMILES string of the molecule is CC(COCC(F)(F)F)NC(=O)C(C)n1c(=O)oc2ccccc21. The minimum absolute atomic E-state index is 0.293. The summed E-state index contributed by atoms with van der Waals surface area (Å²) < 4.78 is 46.8. The van der Waals surface area contributed by atoms with Gasteiger partial charge in [0.2, 0.25) is 5.91 Å². The zero-order valence-electron chi connectivity index (χ0n) is 13.1. The number of nitrogens with zero attached hydrogens (tertiary/aromatic N) is 1. The molecule has 0 bridgehead atoms. The Morgan fingerprint density at radius 2 is 2.00 bits per heavy atom. The van der Waals surface area contributed by atoms with Gasteiger partial charge in [-0.1, -0.05) is 12.1 Å². The number of amides is 1. The molecule has 0 aliphatic heterocycles. The van der Waals surface area contributed by atoms with E-state index < -0.39 is 36.5 Å². The Morgan fingerprint density at radius 1 is 1.33 bits per heavy atom. The average molecular weight is 346 g/mol. The Balaban J connectivity index is 2.01. The minimum Gasteiger partial charge on any atom is -0.408 e. The molecule has 2 rings (SSSR count). The predicted octanol–water partition coefficient (Wildman–Crippen LogP) is 2.24. The number of benzene rings is 1. The highest BCUT2D eigenvalue weighted by molar-refractivity contribution is 5.83. The number of fused-ring (bicyclic) bond motifs is 1. The molecule has 1 amide bonds. The van der Waals surface area contributed by atoms with Crippen molar-refractivity contribution in [2.24, 2.45) is 0 Å². The van der Waals surface area contributed by atoms with E-state index in [1.165, 1.54) is 18.4 Å². The van der Waals surface area contributed by atoms with Crippen LogP contribution in [0.4, 0.5) is 13.2 Å². The van der Waals surface area contributed by atoms with Crippen LogP contribution in [0, 0.1) is 0 Å². The summed E-state index contributed by atoms with van der Waals surface area (Å²) >= 11 is 0. The summed E-state index contributed by atoms with van der Waals surface area (Å²) in [6, 6.07) is 5.11. The van der Waals surface area contributed by atoms with Crippen LogP contribution in [0.15, 0.2) is 33.5 Å². The van der Waals surface area contributed by atoms with Gasteiger partial charge < -0.3 is 14.5 Å². The Labute approximate surface area is 135 Å². The first-order chi connectivity index (χ1) is 11.2. The number of alkyl halides is 3. The van der Waals surface area contributed by atoms with Crippen LogP contribution in [0.5, 0.6) is 0 Å². The number of ether oxygens (including phenoxy) is 1. The summed E-state index contributed by atoms with van der Waals surface area (Å²) in [5, 5.41) is 2.51. The van der Waals surface area contributed by atoms with Gasteiger partial charge in [0.05, 0.1) is 12.1 Å². The van der Waals surface area contributed by atoms with Crippen molar-refractivity contribution < 1.29 is 27.1 Å². The number of aromatic nitrogens is 1. The number of hydrogen-bond donors (Lipinski definition) is 1. The highest BCUT2D eigenvalue weighted by atomic mass is 19.4. The first kappa shape index (κ1) is 18.1. The zero-order valence-corrected chi connectivity index (χ0v) is 13.1. The summed E-state index contributed by atoms with van der Waals surface area (Å²) in [5.41, 5.74) is 0.815. The normalized spacial score (nSPS) is 14.5. The third kappa shape index (κ3) is 4.38. The molecule has 9 heteroatoms. The lowest BCUT2D eigenvalue weighted by Crippen LogP contribution is -2.41. The van der Waals surface area contributed by atoms with Crippen LogP contribution in [-0.4, -0.2) is 35.9 Å². The molecular formula is C15H17F3N2O4. The standard InChI is InChI=1S/C15H17F3N2O4/c1-9(7-23-8-15(16,17)18)19-13(21)10(2)20-11-5-3-4-6-12(11)24-14(20)22/h3-6,9-10H,7-8H2,1-2H3,(H,19,21). The number of nitrogens with one attached hydrogen (secondary N) is 1. The van der Waals surface area contributed by atoms with Crippen LogP contribution >= 0.6 is 0 Å². The number of rotatable bonds is 6. The molecule has 1 heterocycles. The van der Waals surface area contributed by atoms with Gasteiger partial charge in [-0.25, -0.2) is 4.79 Å². The number of para-hydroxylation sites is 2.